The van der Waals surface area contributed by atoms with Gasteiger partial charge in [-0.3, -0.25) is 4.21 Å². The van der Waals surface area contributed by atoms with Crippen LogP contribution in [0, 0.1) is 0 Å². The van der Waals surface area contributed by atoms with E-state index in [0.717, 1.165) is 12.8 Å². The fourth-order valence-corrected chi connectivity index (χ4v) is 2.95. The number of nitrogens with zero attached hydrogens (tertiary/aromatic N) is 2. The van der Waals surface area contributed by atoms with Gasteiger partial charge in [0.25, 0.3) is 5.89 Å². The molecule has 22 heavy (non-hydrogen) atoms. The molecule has 0 aliphatic heterocycles. The number of hydrogen-bond donors (Lipinski definition) is 0. The van der Waals surface area contributed by atoms with E-state index in [1.807, 2.05) is 0 Å². The van der Waals surface area contributed by atoms with Crippen LogP contribution in [0.25, 0.3) is 0 Å². The van der Waals surface area contributed by atoms with Gasteiger partial charge >= 0.3 is 5.97 Å². The van der Waals surface area contributed by atoms with Crippen molar-refractivity contribution in [2.45, 2.75) is 37.2 Å². The quantitative estimate of drug-likeness (QED) is 0.760. The minimum atomic E-state index is -1.22. The fourth-order valence-electron chi connectivity index (χ4n) is 2.01. The number of carbonyl (C=O) groups is 1. The molecule has 1 heterocycles. The highest BCUT2D eigenvalue weighted by Crippen LogP contribution is 2.39. The van der Waals surface area contributed by atoms with Gasteiger partial charge in [0.1, 0.15) is 0 Å². The molecule has 1 fully saturated rings. The van der Waals surface area contributed by atoms with Crippen LogP contribution < -0.4 is 0 Å². The van der Waals surface area contributed by atoms with E-state index in [1.54, 1.807) is 31.2 Å². The highest BCUT2D eigenvalue weighted by molar-refractivity contribution is 7.85. The number of hydrogen-bond acceptors (Lipinski definition) is 6. The molecule has 1 unspecified atom stereocenters. The fraction of sp³-hybridized carbons (Fsp3) is 0.400. The molecule has 1 aliphatic carbocycles. The smallest absolute Gasteiger partial charge is 0.339 e. The Bertz CT molecular complexity index is 709. The molecule has 0 bridgehead atoms. The second-order valence-electron chi connectivity index (χ2n) is 5.01. The lowest BCUT2D eigenvalue weighted by Crippen LogP contribution is -2.10. The summed E-state index contributed by atoms with van der Waals surface area (Å²) in [5, 5.41) is 7.79. The molecule has 0 spiro atoms. The van der Waals surface area contributed by atoms with Crippen molar-refractivity contribution in [2.24, 2.45) is 0 Å². The van der Waals surface area contributed by atoms with Gasteiger partial charge in [-0.2, -0.15) is 0 Å². The van der Waals surface area contributed by atoms with Crippen LogP contribution in [-0.4, -0.2) is 26.1 Å². The summed E-state index contributed by atoms with van der Waals surface area (Å²) in [4.78, 5) is 12.7. The van der Waals surface area contributed by atoms with Crippen LogP contribution in [0.15, 0.2) is 33.6 Å². The molecule has 0 radical (unpaired) electrons. The lowest BCUT2D eigenvalue weighted by molar-refractivity contribution is 0.0432. The Labute approximate surface area is 130 Å². The summed E-state index contributed by atoms with van der Waals surface area (Å²) >= 11 is 0. The van der Waals surface area contributed by atoms with Crippen LogP contribution >= 0.6 is 0 Å². The van der Waals surface area contributed by atoms with Crippen molar-refractivity contribution in [3.05, 3.63) is 41.6 Å². The third-order valence-electron chi connectivity index (χ3n) is 3.35. The molecule has 1 aliphatic rings. The highest BCUT2D eigenvalue weighted by atomic mass is 32.2. The molecule has 3 rings (SSSR count). The molecule has 6 nitrogen and oxygen atoms in total. The number of benzene rings is 1. The minimum absolute atomic E-state index is 0.0777. The molecule has 1 saturated carbocycles. The normalized spacial score (nSPS) is 15.5. The summed E-state index contributed by atoms with van der Waals surface area (Å²) in [6.45, 7) is 1.72. The van der Waals surface area contributed by atoms with Crippen LogP contribution in [-0.2, 0) is 22.1 Å². The Balaban J connectivity index is 1.67. The van der Waals surface area contributed by atoms with Gasteiger partial charge in [-0.05, 0) is 25.0 Å². The first-order valence-corrected chi connectivity index (χ1v) is 8.47. The van der Waals surface area contributed by atoms with Crippen molar-refractivity contribution in [1.82, 2.24) is 10.2 Å². The molecule has 2 aromatic rings. The van der Waals surface area contributed by atoms with Gasteiger partial charge in [-0.1, -0.05) is 19.1 Å². The first-order chi connectivity index (χ1) is 10.7. The van der Waals surface area contributed by atoms with E-state index in [1.165, 1.54) is 0 Å². The van der Waals surface area contributed by atoms with Gasteiger partial charge in [0.05, 0.1) is 21.3 Å². The Morgan fingerprint density at radius 1 is 1.36 bits per heavy atom. The predicted molar refractivity (Wildman–Crippen MR) is 78.8 cm³/mol. The number of esters is 1. The Kier molecular flexibility index (Phi) is 4.33. The van der Waals surface area contributed by atoms with E-state index in [9.17, 15) is 9.00 Å². The SMILES string of the molecule is CCS(=O)c1ccccc1C(=O)OCc1nnc(C2CC2)o1. The maximum Gasteiger partial charge on any atom is 0.339 e. The van der Waals surface area contributed by atoms with Gasteiger partial charge < -0.3 is 9.15 Å². The lowest BCUT2D eigenvalue weighted by Gasteiger charge is -2.07. The van der Waals surface area contributed by atoms with Crippen molar-refractivity contribution in [1.29, 1.82) is 0 Å². The maximum atomic E-state index is 12.2. The standard InChI is InChI=1S/C15H16N2O4S/c1-2-22(19)12-6-4-3-5-11(12)15(18)20-9-13-16-17-14(21-13)10-7-8-10/h3-6,10H,2,7-9H2,1H3. The third-order valence-corrected chi connectivity index (χ3v) is 4.72. The molecule has 0 saturated heterocycles. The zero-order valence-electron chi connectivity index (χ0n) is 12.2. The van der Waals surface area contributed by atoms with Crippen LogP contribution in [0.2, 0.25) is 0 Å². The predicted octanol–water partition coefficient (Wildman–Crippen LogP) is 2.43. The second kappa shape index (κ2) is 6.39. The maximum absolute atomic E-state index is 12.2. The van der Waals surface area contributed by atoms with Crippen molar-refractivity contribution in [3.63, 3.8) is 0 Å². The zero-order chi connectivity index (χ0) is 15.5. The summed E-state index contributed by atoms with van der Waals surface area (Å²) in [7, 11) is -1.22. The number of carbonyl (C=O) groups excluding carboxylic acids is 1. The van der Waals surface area contributed by atoms with E-state index in [0.29, 0.717) is 28.0 Å². The molecular weight excluding hydrogens is 304 g/mol. The largest absolute Gasteiger partial charge is 0.452 e. The van der Waals surface area contributed by atoms with E-state index in [-0.39, 0.29) is 12.5 Å². The molecule has 1 aromatic carbocycles. The van der Waals surface area contributed by atoms with Gasteiger partial charge in [0.15, 0.2) is 6.61 Å². The summed E-state index contributed by atoms with van der Waals surface area (Å²) in [6.07, 6.45) is 2.13. The second-order valence-corrected chi connectivity index (χ2v) is 6.72. The molecule has 1 atom stereocenters. The lowest BCUT2D eigenvalue weighted by atomic mass is 10.2. The molecule has 0 amide bonds. The summed E-state index contributed by atoms with van der Waals surface area (Å²) < 4.78 is 22.6. The average molecular weight is 320 g/mol. The number of ether oxygens (including phenoxy) is 1. The van der Waals surface area contributed by atoms with E-state index >= 15 is 0 Å². The minimum Gasteiger partial charge on any atom is -0.452 e. The molecule has 0 N–H and O–H groups in total. The summed E-state index contributed by atoms with van der Waals surface area (Å²) in [6, 6.07) is 6.74. The number of rotatable bonds is 6. The molecule has 1 aromatic heterocycles. The Hall–Kier alpha value is -2.02. The number of aromatic nitrogens is 2. The van der Waals surface area contributed by atoms with Crippen molar-refractivity contribution < 1.29 is 18.2 Å². The Morgan fingerprint density at radius 2 is 2.14 bits per heavy atom. The van der Waals surface area contributed by atoms with Gasteiger partial charge in [0, 0.05) is 11.7 Å². The first kappa shape index (κ1) is 14.9. The van der Waals surface area contributed by atoms with Crippen LogP contribution in [0.4, 0.5) is 0 Å². The van der Waals surface area contributed by atoms with Gasteiger partial charge in [-0.15, -0.1) is 10.2 Å². The van der Waals surface area contributed by atoms with E-state index in [4.69, 9.17) is 9.15 Å². The third kappa shape index (κ3) is 3.24. The van der Waals surface area contributed by atoms with E-state index < -0.39 is 16.8 Å². The van der Waals surface area contributed by atoms with Crippen LogP contribution in [0.5, 0.6) is 0 Å². The van der Waals surface area contributed by atoms with Crippen molar-refractivity contribution in [3.8, 4) is 0 Å². The van der Waals surface area contributed by atoms with Crippen LogP contribution in [0.1, 0.15) is 47.8 Å². The van der Waals surface area contributed by atoms with Crippen LogP contribution in [0.3, 0.4) is 0 Å². The first-order valence-electron chi connectivity index (χ1n) is 7.16. The van der Waals surface area contributed by atoms with Gasteiger partial charge in [-0.25, -0.2) is 4.79 Å². The molecule has 116 valence electrons. The summed E-state index contributed by atoms with van der Waals surface area (Å²) in [5.41, 5.74) is 0.310. The molecule has 7 heteroatoms. The van der Waals surface area contributed by atoms with Gasteiger partial charge in [0.2, 0.25) is 5.89 Å². The molecular formula is C15H16N2O4S. The average Bonchev–Trinajstić information content (AvgIpc) is 3.30. The zero-order valence-corrected chi connectivity index (χ0v) is 13.0. The Morgan fingerprint density at radius 3 is 2.86 bits per heavy atom. The highest BCUT2D eigenvalue weighted by Gasteiger charge is 2.29. The summed E-state index contributed by atoms with van der Waals surface area (Å²) in [5.74, 6) is 1.16. The van der Waals surface area contributed by atoms with Crippen molar-refractivity contribution in [2.75, 3.05) is 5.75 Å². The monoisotopic (exact) mass is 320 g/mol. The topological polar surface area (TPSA) is 82.3 Å². The van der Waals surface area contributed by atoms with Crippen molar-refractivity contribution >= 4 is 16.8 Å². The van der Waals surface area contributed by atoms with E-state index in [2.05, 4.69) is 10.2 Å².